The Kier molecular flexibility index (Phi) is 7.35. The van der Waals surface area contributed by atoms with Crippen molar-refractivity contribution in [3.63, 3.8) is 0 Å². The van der Waals surface area contributed by atoms with E-state index in [9.17, 15) is 18.0 Å². The summed E-state index contributed by atoms with van der Waals surface area (Å²) in [4.78, 5) is 22.0. The van der Waals surface area contributed by atoms with E-state index < -0.39 is 17.7 Å². The molecule has 29 heavy (non-hydrogen) atoms. The molecule has 0 aliphatic heterocycles. The zero-order valence-corrected chi connectivity index (χ0v) is 16.0. The van der Waals surface area contributed by atoms with Gasteiger partial charge < -0.3 is 14.4 Å². The van der Waals surface area contributed by atoms with Crippen LogP contribution in [0.15, 0.2) is 58.8 Å². The molecule has 0 atom stereocenters. The molecule has 0 amide bonds. The lowest BCUT2D eigenvalue weighted by atomic mass is 10.0. The molecule has 0 saturated carbocycles. The van der Waals surface area contributed by atoms with Gasteiger partial charge in [0.15, 0.2) is 5.71 Å². The summed E-state index contributed by atoms with van der Waals surface area (Å²) < 4.78 is 42.6. The van der Waals surface area contributed by atoms with Gasteiger partial charge in [-0.1, -0.05) is 46.7 Å². The fourth-order valence-electron chi connectivity index (χ4n) is 2.41. The molecular formula is C20H19F3N2O4. The largest absolute Gasteiger partial charge is 0.464 e. The molecule has 2 aromatic carbocycles. The van der Waals surface area contributed by atoms with E-state index in [4.69, 9.17) is 14.4 Å². The highest BCUT2D eigenvalue weighted by Crippen LogP contribution is 2.29. The van der Waals surface area contributed by atoms with Gasteiger partial charge in [0.25, 0.3) is 0 Å². The minimum Gasteiger partial charge on any atom is -0.464 e. The van der Waals surface area contributed by atoms with Crippen molar-refractivity contribution in [1.82, 2.24) is 0 Å². The average molecular weight is 408 g/mol. The van der Waals surface area contributed by atoms with E-state index in [0.29, 0.717) is 22.4 Å². The van der Waals surface area contributed by atoms with Crippen LogP contribution in [-0.4, -0.2) is 31.6 Å². The molecule has 2 aromatic rings. The first-order valence-electron chi connectivity index (χ1n) is 8.39. The van der Waals surface area contributed by atoms with E-state index in [2.05, 4.69) is 10.3 Å². The SMILES string of the molecule is CO/N=C(\C(=O)OC)c1ccccc1CO/N=C(\C)c1ccc(C(F)(F)F)cc1. The molecule has 154 valence electrons. The summed E-state index contributed by atoms with van der Waals surface area (Å²) in [5.41, 5.74) is 1.16. The molecule has 0 spiro atoms. The highest BCUT2D eigenvalue weighted by molar-refractivity contribution is 6.43. The van der Waals surface area contributed by atoms with Crippen LogP contribution in [0, 0.1) is 0 Å². The molecule has 6 nitrogen and oxygen atoms in total. The Balaban J connectivity index is 2.16. The lowest BCUT2D eigenvalue weighted by molar-refractivity contribution is -0.137. The first-order chi connectivity index (χ1) is 13.8. The smallest absolute Gasteiger partial charge is 0.416 e. The van der Waals surface area contributed by atoms with Gasteiger partial charge in [0, 0.05) is 11.1 Å². The van der Waals surface area contributed by atoms with E-state index in [-0.39, 0.29) is 12.3 Å². The molecule has 0 aliphatic carbocycles. The van der Waals surface area contributed by atoms with Gasteiger partial charge in [-0.05, 0) is 24.6 Å². The molecule has 0 fully saturated rings. The van der Waals surface area contributed by atoms with Crippen molar-refractivity contribution >= 4 is 17.4 Å². The predicted molar refractivity (Wildman–Crippen MR) is 100 cm³/mol. The summed E-state index contributed by atoms with van der Waals surface area (Å²) in [5.74, 6) is -0.677. The quantitative estimate of drug-likeness (QED) is 0.392. The second-order valence-electron chi connectivity index (χ2n) is 5.80. The molecule has 0 aromatic heterocycles. The van der Waals surface area contributed by atoms with Crippen LogP contribution in [0.25, 0.3) is 0 Å². The van der Waals surface area contributed by atoms with Crippen molar-refractivity contribution < 1.29 is 32.4 Å². The number of oxime groups is 2. The lowest BCUT2D eigenvalue weighted by Crippen LogP contribution is -2.19. The second-order valence-corrected chi connectivity index (χ2v) is 5.80. The van der Waals surface area contributed by atoms with Crippen LogP contribution < -0.4 is 0 Å². The van der Waals surface area contributed by atoms with Crippen LogP contribution in [0.1, 0.15) is 29.2 Å². The Morgan fingerprint density at radius 3 is 2.24 bits per heavy atom. The van der Waals surface area contributed by atoms with Crippen molar-refractivity contribution in [3.05, 3.63) is 70.8 Å². The number of hydrogen-bond acceptors (Lipinski definition) is 6. The molecule has 0 N–H and O–H groups in total. The topological polar surface area (TPSA) is 69.5 Å². The average Bonchev–Trinajstić information content (AvgIpc) is 2.71. The van der Waals surface area contributed by atoms with Crippen molar-refractivity contribution in [3.8, 4) is 0 Å². The van der Waals surface area contributed by atoms with Crippen molar-refractivity contribution in [1.29, 1.82) is 0 Å². The van der Waals surface area contributed by atoms with Gasteiger partial charge in [0.05, 0.1) is 18.4 Å². The normalized spacial score (nSPS) is 12.5. The number of nitrogens with zero attached hydrogens (tertiary/aromatic N) is 2. The zero-order chi connectivity index (χ0) is 21.4. The highest BCUT2D eigenvalue weighted by Gasteiger charge is 2.30. The maximum Gasteiger partial charge on any atom is 0.416 e. The standard InChI is InChI=1S/C20H19F3N2O4/c1-13(14-8-10-16(11-9-14)20(21,22)23)24-29-12-15-6-4-5-7-17(15)18(25-28-3)19(26)27-2/h4-11H,12H2,1-3H3/b24-13+,25-18-. The summed E-state index contributed by atoms with van der Waals surface area (Å²) in [7, 11) is 2.53. The third-order valence-corrected chi connectivity index (χ3v) is 3.89. The number of halogens is 3. The predicted octanol–water partition coefficient (Wildman–Crippen LogP) is 4.17. The number of carbonyl (C=O) groups excluding carboxylic acids is 1. The first-order valence-corrected chi connectivity index (χ1v) is 8.39. The third kappa shape index (κ3) is 5.81. The number of rotatable bonds is 7. The van der Waals surface area contributed by atoms with E-state index >= 15 is 0 Å². The molecular weight excluding hydrogens is 389 g/mol. The zero-order valence-electron chi connectivity index (χ0n) is 16.0. The summed E-state index contributed by atoms with van der Waals surface area (Å²) in [6, 6.07) is 11.4. The lowest BCUT2D eigenvalue weighted by Gasteiger charge is -2.10. The molecule has 0 heterocycles. The van der Waals surface area contributed by atoms with Crippen LogP contribution >= 0.6 is 0 Å². The van der Waals surface area contributed by atoms with Gasteiger partial charge in [-0.2, -0.15) is 13.2 Å². The monoisotopic (exact) mass is 408 g/mol. The maximum absolute atomic E-state index is 12.6. The van der Waals surface area contributed by atoms with E-state index in [0.717, 1.165) is 12.1 Å². The molecule has 0 saturated heterocycles. The summed E-state index contributed by atoms with van der Waals surface area (Å²) in [6.45, 7) is 1.61. The molecule has 0 unspecified atom stereocenters. The fourth-order valence-corrected chi connectivity index (χ4v) is 2.41. The minimum absolute atomic E-state index is 0.00607. The van der Waals surface area contributed by atoms with Crippen LogP contribution in [-0.2, 0) is 32.0 Å². The third-order valence-electron chi connectivity index (χ3n) is 3.89. The summed E-state index contributed by atoms with van der Waals surface area (Å²) >= 11 is 0. The van der Waals surface area contributed by atoms with Gasteiger partial charge in [-0.3, -0.25) is 0 Å². The van der Waals surface area contributed by atoms with Crippen LogP contribution in [0.3, 0.4) is 0 Å². The number of carbonyl (C=O) groups is 1. The van der Waals surface area contributed by atoms with E-state index in [1.807, 2.05) is 0 Å². The highest BCUT2D eigenvalue weighted by atomic mass is 19.4. The second kappa shape index (κ2) is 9.72. The summed E-state index contributed by atoms with van der Waals surface area (Å²) in [6.07, 6.45) is -4.40. The van der Waals surface area contributed by atoms with Gasteiger partial charge in [0.1, 0.15) is 13.7 Å². The van der Waals surface area contributed by atoms with Crippen LogP contribution in [0.4, 0.5) is 13.2 Å². The Labute approximate surface area is 165 Å². The number of hydrogen-bond donors (Lipinski definition) is 0. The number of methoxy groups -OCH3 is 1. The molecule has 0 bridgehead atoms. The Hall–Kier alpha value is -3.36. The van der Waals surface area contributed by atoms with Crippen LogP contribution in [0.2, 0.25) is 0 Å². The minimum atomic E-state index is -4.40. The van der Waals surface area contributed by atoms with Crippen molar-refractivity contribution in [2.45, 2.75) is 19.7 Å². The van der Waals surface area contributed by atoms with Crippen molar-refractivity contribution in [2.24, 2.45) is 10.3 Å². The summed E-state index contributed by atoms with van der Waals surface area (Å²) in [5, 5.41) is 7.64. The Morgan fingerprint density at radius 1 is 1.00 bits per heavy atom. The Bertz CT molecular complexity index is 907. The van der Waals surface area contributed by atoms with Gasteiger partial charge >= 0.3 is 12.1 Å². The van der Waals surface area contributed by atoms with Gasteiger partial charge in [-0.15, -0.1) is 0 Å². The number of alkyl halides is 3. The fraction of sp³-hybridized carbons (Fsp3) is 0.250. The molecule has 0 radical (unpaired) electrons. The molecule has 9 heteroatoms. The number of ether oxygens (including phenoxy) is 1. The number of esters is 1. The maximum atomic E-state index is 12.6. The van der Waals surface area contributed by atoms with Crippen LogP contribution in [0.5, 0.6) is 0 Å². The van der Waals surface area contributed by atoms with Gasteiger partial charge in [-0.25, -0.2) is 4.79 Å². The van der Waals surface area contributed by atoms with Crippen molar-refractivity contribution in [2.75, 3.05) is 14.2 Å². The molecule has 2 rings (SSSR count). The molecule has 0 aliphatic rings. The van der Waals surface area contributed by atoms with E-state index in [1.165, 1.54) is 26.4 Å². The Morgan fingerprint density at radius 2 is 1.66 bits per heavy atom. The van der Waals surface area contributed by atoms with E-state index in [1.54, 1.807) is 31.2 Å². The number of benzene rings is 2. The first kappa shape index (κ1) is 21.9. The van der Waals surface area contributed by atoms with Gasteiger partial charge in [0.2, 0.25) is 0 Å².